The van der Waals surface area contributed by atoms with E-state index >= 15 is 0 Å². The Kier molecular flexibility index (Phi) is 4.22. The molecule has 0 N–H and O–H groups in total. The van der Waals surface area contributed by atoms with Gasteiger partial charge in [0.15, 0.2) is 0 Å². The van der Waals surface area contributed by atoms with Crippen molar-refractivity contribution in [2.75, 3.05) is 6.54 Å². The summed E-state index contributed by atoms with van der Waals surface area (Å²) in [6.07, 6.45) is 3.88. The second-order valence-corrected chi connectivity index (χ2v) is 6.79. The molecule has 0 bridgehead atoms. The van der Waals surface area contributed by atoms with Crippen LogP contribution in [0.2, 0.25) is 0 Å². The molecule has 21 heavy (non-hydrogen) atoms. The molecule has 0 aliphatic carbocycles. The lowest BCUT2D eigenvalue weighted by Crippen LogP contribution is -2.34. The molecule has 2 nitrogen and oxygen atoms in total. The van der Waals surface area contributed by atoms with Gasteiger partial charge in [0.2, 0.25) is 5.91 Å². The first kappa shape index (κ1) is 14.5. The van der Waals surface area contributed by atoms with E-state index in [9.17, 15) is 9.18 Å². The molecule has 0 unspecified atom stereocenters. The second-order valence-electron chi connectivity index (χ2n) is 4.88. The summed E-state index contributed by atoms with van der Waals surface area (Å²) in [4.78, 5) is 15.4. The van der Waals surface area contributed by atoms with Crippen LogP contribution in [-0.4, -0.2) is 17.4 Å². The van der Waals surface area contributed by atoms with E-state index in [2.05, 4.69) is 27.4 Å². The number of carbonyl (C=O) groups excluding carboxylic acids is 1. The fraction of sp³-hybridized carbons (Fsp3) is 0.188. The fourth-order valence-corrected chi connectivity index (χ4v) is 3.61. The highest BCUT2D eigenvalue weighted by atomic mass is 79.9. The van der Waals surface area contributed by atoms with Crippen molar-refractivity contribution < 1.29 is 9.18 Å². The molecule has 1 aromatic carbocycles. The second kappa shape index (κ2) is 6.12. The average Bonchev–Trinajstić information content (AvgIpc) is 2.95. The van der Waals surface area contributed by atoms with Gasteiger partial charge in [-0.1, -0.05) is 15.9 Å². The van der Waals surface area contributed by atoms with E-state index in [0.717, 1.165) is 17.4 Å². The highest BCUT2D eigenvalue weighted by Gasteiger charge is 2.19. The molecule has 1 amide bonds. The number of hydrogen-bond acceptors (Lipinski definition) is 2. The Hall–Kier alpha value is -1.46. The zero-order valence-electron chi connectivity index (χ0n) is 11.2. The van der Waals surface area contributed by atoms with Crippen LogP contribution in [0.15, 0.2) is 40.2 Å². The van der Waals surface area contributed by atoms with Gasteiger partial charge in [0.05, 0.1) is 0 Å². The Labute approximate surface area is 135 Å². The first-order chi connectivity index (χ1) is 10.1. The van der Waals surface area contributed by atoms with Gasteiger partial charge in [0.1, 0.15) is 5.82 Å². The number of fused-ring (bicyclic) bond motifs is 1. The summed E-state index contributed by atoms with van der Waals surface area (Å²) in [6.45, 7) is 1.36. The van der Waals surface area contributed by atoms with Gasteiger partial charge in [-0.25, -0.2) is 4.39 Å². The van der Waals surface area contributed by atoms with Crippen molar-refractivity contribution in [2.45, 2.75) is 13.0 Å². The van der Waals surface area contributed by atoms with Crippen LogP contribution in [0.3, 0.4) is 0 Å². The maximum atomic E-state index is 13.6. The van der Waals surface area contributed by atoms with Crippen LogP contribution in [0.5, 0.6) is 0 Å². The van der Waals surface area contributed by atoms with Gasteiger partial charge < -0.3 is 4.90 Å². The Bertz CT molecular complexity index is 710. The Morgan fingerprint density at radius 3 is 3.10 bits per heavy atom. The molecule has 0 spiro atoms. The molecule has 2 heterocycles. The summed E-state index contributed by atoms with van der Waals surface area (Å²) in [6, 6.07) is 6.74. The van der Waals surface area contributed by atoms with Gasteiger partial charge in [-0.05, 0) is 47.7 Å². The smallest absolute Gasteiger partial charge is 0.246 e. The largest absolute Gasteiger partial charge is 0.334 e. The van der Waals surface area contributed by atoms with Crippen molar-refractivity contribution in [3.63, 3.8) is 0 Å². The van der Waals surface area contributed by atoms with E-state index in [0.29, 0.717) is 12.1 Å². The van der Waals surface area contributed by atoms with Crippen molar-refractivity contribution in [2.24, 2.45) is 0 Å². The van der Waals surface area contributed by atoms with E-state index in [4.69, 9.17) is 0 Å². The maximum absolute atomic E-state index is 13.6. The predicted octanol–water partition coefficient (Wildman–Crippen LogP) is 4.25. The summed E-state index contributed by atoms with van der Waals surface area (Å²) in [5, 5.41) is 2.06. The lowest BCUT2D eigenvalue weighted by atomic mass is 10.1. The highest BCUT2D eigenvalue weighted by molar-refractivity contribution is 9.10. The minimum atomic E-state index is -0.332. The van der Waals surface area contributed by atoms with Crippen molar-refractivity contribution in [1.29, 1.82) is 0 Å². The first-order valence-corrected chi connectivity index (χ1v) is 8.28. The normalized spacial score (nSPS) is 14.5. The SMILES string of the molecule is O=C(C=Cc1cc(Br)ccc1F)N1CCc2sccc2C1. The van der Waals surface area contributed by atoms with Crippen molar-refractivity contribution in [3.8, 4) is 0 Å². The van der Waals surface area contributed by atoms with Gasteiger partial charge in [0.25, 0.3) is 0 Å². The number of rotatable bonds is 2. The zero-order chi connectivity index (χ0) is 14.8. The van der Waals surface area contributed by atoms with E-state index in [1.54, 1.807) is 28.4 Å². The number of benzene rings is 1. The van der Waals surface area contributed by atoms with Crippen LogP contribution in [0.4, 0.5) is 4.39 Å². The van der Waals surface area contributed by atoms with Gasteiger partial charge >= 0.3 is 0 Å². The summed E-state index contributed by atoms with van der Waals surface area (Å²) >= 11 is 5.04. The summed E-state index contributed by atoms with van der Waals surface area (Å²) in [5.74, 6) is -0.410. The Morgan fingerprint density at radius 2 is 2.24 bits per heavy atom. The van der Waals surface area contributed by atoms with Gasteiger partial charge in [-0.3, -0.25) is 4.79 Å². The molecule has 1 aliphatic rings. The van der Waals surface area contributed by atoms with Crippen LogP contribution in [0.1, 0.15) is 16.0 Å². The number of amides is 1. The third kappa shape index (κ3) is 3.24. The third-order valence-electron chi connectivity index (χ3n) is 3.48. The molecular formula is C16H13BrFNOS. The van der Waals surface area contributed by atoms with Crippen molar-refractivity contribution in [1.82, 2.24) is 4.90 Å². The lowest BCUT2D eigenvalue weighted by Gasteiger charge is -2.25. The van der Waals surface area contributed by atoms with E-state index < -0.39 is 0 Å². The molecule has 3 rings (SSSR count). The number of thiophene rings is 1. The number of nitrogens with zero attached hydrogens (tertiary/aromatic N) is 1. The van der Waals surface area contributed by atoms with E-state index in [1.165, 1.54) is 28.7 Å². The molecule has 0 fully saturated rings. The molecule has 2 aromatic rings. The molecule has 1 aliphatic heterocycles. The molecule has 0 saturated carbocycles. The van der Waals surface area contributed by atoms with Crippen molar-refractivity contribution in [3.05, 3.63) is 62.0 Å². The minimum absolute atomic E-state index is 0.0776. The maximum Gasteiger partial charge on any atom is 0.246 e. The third-order valence-corrected chi connectivity index (χ3v) is 5.00. The highest BCUT2D eigenvalue weighted by Crippen LogP contribution is 2.24. The van der Waals surface area contributed by atoms with Gasteiger partial charge in [0, 0.05) is 34.1 Å². The Balaban J connectivity index is 1.72. The molecule has 0 radical (unpaired) electrons. The molecule has 108 valence electrons. The molecular weight excluding hydrogens is 353 g/mol. The fourth-order valence-electron chi connectivity index (χ4n) is 2.35. The van der Waals surface area contributed by atoms with Crippen LogP contribution in [0.25, 0.3) is 6.08 Å². The van der Waals surface area contributed by atoms with E-state index in [1.807, 2.05) is 0 Å². The van der Waals surface area contributed by atoms with Gasteiger partial charge in [-0.15, -0.1) is 11.3 Å². The van der Waals surface area contributed by atoms with Crippen molar-refractivity contribution >= 4 is 39.2 Å². The standard InChI is InChI=1S/C16H13BrFNOS/c17-13-2-3-14(18)11(9-13)1-4-16(20)19-7-5-15-12(10-19)6-8-21-15/h1-4,6,8-9H,5,7,10H2. The zero-order valence-corrected chi connectivity index (χ0v) is 13.6. The van der Waals surface area contributed by atoms with Crippen LogP contribution >= 0.6 is 27.3 Å². The molecule has 0 atom stereocenters. The summed E-state index contributed by atoms with van der Waals surface area (Å²) < 4.78 is 14.4. The minimum Gasteiger partial charge on any atom is -0.334 e. The quantitative estimate of drug-likeness (QED) is 0.728. The van der Waals surface area contributed by atoms with E-state index in [-0.39, 0.29) is 11.7 Å². The van der Waals surface area contributed by atoms with Crippen LogP contribution in [0, 0.1) is 5.82 Å². The number of halogens is 2. The molecule has 0 saturated heterocycles. The Morgan fingerprint density at radius 1 is 1.38 bits per heavy atom. The first-order valence-electron chi connectivity index (χ1n) is 6.61. The topological polar surface area (TPSA) is 20.3 Å². The van der Waals surface area contributed by atoms with Crippen LogP contribution < -0.4 is 0 Å². The van der Waals surface area contributed by atoms with Crippen LogP contribution in [-0.2, 0) is 17.8 Å². The summed E-state index contributed by atoms with van der Waals surface area (Å²) in [5.41, 5.74) is 1.63. The molecule has 1 aromatic heterocycles. The summed E-state index contributed by atoms with van der Waals surface area (Å²) in [7, 11) is 0. The number of hydrogen-bond donors (Lipinski definition) is 0. The predicted molar refractivity (Wildman–Crippen MR) is 86.6 cm³/mol. The molecule has 5 heteroatoms. The monoisotopic (exact) mass is 365 g/mol. The lowest BCUT2D eigenvalue weighted by molar-refractivity contribution is -0.126. The van der Waals surface area contributed by atoms with Gasteiger partial charge in [-0.2, -0.15) is 0 Å². The number of carbonyl (C=O) groups is 1. The average molecular weight is 366 g/mol.